The van der Waals surface area contributed by atoms with Crippen LogP contribution in [0, 0.1) is 6.92 Å². The minimum absolute atomic E-state index is 0.855. The highest BCUT2D eigenvalue weighted by Crippen LogP contribution is 2.05. The van der Waals surface area contributed by atoms with Gasteiger partial charge in [-0.3, -0.25) is 0 Å². The van der Waals surface area contributed by atoms with Gasteiger partial charge in [-0.2, -0.15) is 0 Å². The van der Waals surface area contributed by atoms with Crippen LogP contribution in [0.2, 0.25) is 0 Å². The summed E-state index contributed by atoms with van der Waals surface area (Å²) < 4.78 is 4.99. The number of rotatable bonds is 4. The van der Waals surface area contributed by atoms with E-state index in [9.17, 15) is 0 Å². The molecule has 0 unspecified atom stereocenters. The standard InChI is InChI=1S/C11H16O.2C2H6/c1-10-5-7-11(8-6-10)4-3-9-12-2;2*1-2/h5-8H,3-4,9H2,1-2H3;2*1-2H3. The molecule has 0 spiro atoms. The largest absolute Gasteiger partial charge is 0.385 e. The van der Waals surface area contributed by atoms with E-state index in [1.807, 2.05) is 27.7 Å². The maximum Gasteiger partial charge on any atom is 0.0465 e. The Hall–Kier alpha value is -0.820. The van der Waals surface area contributed by atoms with Gasteiger partial charge in [0.25, 0.3) is 0 Å². The topological polar surface area (TPSA) is 9.23 Å². The lowest BCUT2D eigenvalue weighted by atomic mass is 10.1. The van der Waals surface area contributed by atoms with Gasteiger partial charge in [0.05, 0.1) is 0 Å². The Bertz CT molecular complexity index is 213. The monoisotopic (exact) mass is 224 g/mol. The maximum absolute atomic E-state index is 4.99. The number of hydrogen-bond donors (Lipinski definition) is 0. The molecule has 1 rings (SSSR count). The van der Waals surface area contributed by atoms with Crippen LogP contribution in [-0.4, -0.2) is 13.7 Å². The van der Waals surface area contributed by atoms with Gasteiger partial charge in [0.1, 0.15) is 0 Å². The minimum Gasteiger partial charge on any atom is -0.385 e. The Kier molecular flexibility index (Phi) is 15.6. The van der Waals surface area contributed by atoms with Crippen molar-refractivity contribution in [1.29, 1.82) is 0 Å². The number of hydrogen-bond acceptors (Lipinski definition) is 1. The third-order valence-electron chi connectivity index (χ3n) is 1.93. The fraction of sp³-hybridized carbons (Fsp3) is 0.600. The molecule has 1 aromatic rings. The van der Waals surface area contributed by atoms with Crippen LogP contribution in [0.15, 0.2) is 24.3 Å². The average Bonchev–Trinajstić information content (AvgIpc) is 2.37. The van der Waals surface area contributed by atoms with E-state index in [1.54, 1.807) is 7.11 Å². The molecule has 0 fully saturated rings. The number of methoxy groups -OCH3 is 1. The van der Waals surface area contributed by atoms with Crippen molar-refractivity contribution in [2.75, 3.05) is 13.7 Å². The zero-order valence-electron chi connectivity index (χ0n) is 11.8. The molecule has 0 heterocycles. The fourth-order valence-corrected chi connectivity index (χ4v) is 1.18. The van der Waals surface area contributed by atoms with Crippen molar-refractivity contribution in [1.82, 2.24) is 0 Å². The summed E-state index contributed by atoms with van der Waals surface area (Å²) in [6.45, 7) is 11.0. The zero-order valence-corrected chi connectivity index (χ0v) is 11.8. The van der Waals surface area contributed by atoms with E-state index in [0.717, 1.165) is 19.4 Å². The van der Waals surface area contributed by atoms with E-state index in [4.69, 9.17) is 4.74 Å². The predicted molar refractivity (Wildman–Crippen MR) is 74.1 cm³/mol. The zero-order chi connectivity index (χ0) is 12.8. The molecule has 16 heavy (non-hydrogen) atoms. The van der Waals surface area contributed by atoms with Crippen molar-refractivity contribution >= 4 is 0 Å². The van der Waals surface area contributed by atoms with E-state index in [0.29, 0.717) is 0 Å². The van der Waals surface area contributed by atoms with Gasteiger partial charge < -0.3 is 4.74 Å². The Labute approximate surface area is 102 Å². The summed E-state index contributed by atoms with van der Waals surface area (Å²) in [4.78, 5) is 0. The van der Waals surface area contributed by atoms with Crippen LogP contribution in [0.4, 0.5) is 0 Å². The van der Waals surface area contributed by atoms with Crippen LogP contribution in [-0.2, 0) is 11.2 Å². The molecule has 0 saturated heterocycles. The summed E-state index contributed by atoms with van der Waals surface area (Å²) in [6.07, 6.45) is 2.23. The number of aryl methyl sites for hydroxylation is 2. The number of ether oxygens (including phenoxy) is 1. The molecule has 0 aliphatic carbocycles. The van der Waals surface area contributed by atoms with E-state index in [-0.39, 0.29) is 0 Å². The van der Waals surface area contributed by atoms with Gasteiger partial charge in [0.2, 0.25) is 0 Å². The average molecular weight is 224 g/mol. The molecule has 1 heteroatoms. The second-order valence-corrected chi connectivity index (χ2v) is 3.08. The van der Waals surface area contributed by atoms with Crippen LogP contribution < -0.4 is 0 Å². The van der Waals surface area contributed by atoms with Gasteiger partial charge in [0.15, 0.2) is 0 Å². The van der Waals surface area contributed by atoms with Gasteiger partial charge in [-0.25, -0.2) is 0 Å². The SMILES string of the molecule is CC.CC.COCCCc1ccc(C)cc1. The molecule has 94 valence electrons. The summed E-state index contributed by atoms with van der Waals surface area (Å²) in [5.41, 5.74) is 2.73. The summed E-state index contributed by atoms with van der Waals surface area (Å²) in [6, 6.07) is 8.68. The van der Waals surface area contributed by atoms with E-state index < -0.39 is 0 Å². The highest BCUT2D eigenvalue weighted by Gasteiger charge is 1.91. The van der Waals surface area contributed by atoms with Crippen molar-refractivity contribution < 1.29 is 4.74 Å². The molecule has 0 saturated carbocycles. The molecular weight excluding hydrogens is 196 g/mol. The van der Waals surface area contributed by atoms with Gasteiger partial charge in [-0.15, -0.1) is 0 Å². The molecule has 0 amide bonds. The number of benzene rings is 1. The molecule has 0 aliphatic heterocycles. The molecule has 0 aliphatic rings. The van der Waals surface area contributed by atoms with Crippen LogP contribution in [0.25, 0.3) is 0 Å². The molecule has 0 aromatic heterocycles. The normalized spacial score (nSPS) is 8.38. The molecule has 0 N–H and O–H groups in total. The second-order valence-electron chi connectivity index (χ2n) is 3.08. The second kappa shape index (κ2) is 14.2. The van der Waals surface area contributed by atoms with E-state index in [1.165, 1.54) is 11.1 Å². The summed E-state index contributed by atoms with van der Waals surface area (Å²) in [5, 5.41) is 0. The first-order chi connectivity index (χ1) is 7.83. The predicted octanol–water partition coefficient (Wildman–Crippen LogP) is 4.63. The van der Waals surface area contributed by atoms with E-state index in [2.05, 4.69) is 31.2 Å². The molecule has 1 aromatic carbocycles. The highest BCUT2D eigenvalue weighted by molar-refractivity contribution is 5.21. The first-order valence-electron chi connectivity index (χ1n) is 6.37. The summed E-state index contributed by atoms with van der Waals surface area (Å²) in [5.74, 6) is 0. The first kappa shape index (κ1) is 17.6. The van der Waals surface area contributed by atoms with Crippen LogP contribution in [0.5, 0.6) is 0 Å². The van der Waals surface area contributed by atoms with Crippen molar-refractivity contribution in [3.8, 4) is 0 Å². The summed E-state index contributed by atoms with van der Waals surface area (Å²) >= 11 is 0. The van der Waals surface area contributed by atoms with Crippen molar-refractivity contribution in [2.24, 2.45) is 0 Å². The van der Waals surface area contributed by atoms with Gasteiger partial charge in [0, 0.05) is 13.7 Å². The van der Waals surface area contributed by atoms with E-state index >= 15 is 0 Å². The van der Waals surface area contributed by atoms with Crippen LogP contribution >= 0.6 is 0 Å². The van der Waals surface area contributed by atoms with Crippen LogP contribution in [0.1, 0.15) is 45.2 Å². The first-order valence-corrected chi connectivity index (χ1v) is 6.37. The van der Waals surface area contributed by atoms with Crippen LogP contribution in [0.3, 0.4) is 0 Å². The Morgan fingerprint density at radius 2 is 1.44 bits per heavy atom. The lowest BCUT2D eigenvalue weighted by Gasteiger charge is -2.00. The Morgan fingerprint density at radius 3 is 1.88 bits per heavy atom. The minimum atomic E-state index is 0.855. The summed E-state index contributed by atoms with van der Waals surface area (Å²) in [7, 11) is 1.75. The smallest absolute Gasteiger partial charge is 0.0465 e. The third-order valence-corrected chi connectivity index (χ3v) is 1.93. The van der Waals surface area contributed by atoms with Gasteiger partial charge >= 0.3 is 0 Å². The molecule has 0 atom stereocenters. The quantitative estimate of drug-likeness (QED) is 0.678. The Morgan fingerprint density at radius 1 is 0.938 bits per heavy atom. The Balaban J connectivity index is 0. The molecular formula is C15H28O. The lowest BCUT2D eigenvalue weighted by molar-refractivity contribution is 0.195. The van der Waals surface area contributed by atoms with Crippen molar-refractivity contribution in [2.45, 2.75) is 47.5 Å². The van der Waals surface area contributed by atoms with Gasteiger partial charge in [-0.1, -0.05) is 57.5 Å². The third kappa shape index (κ3) is 9.72. The molecule has 1 nitrogen and oxygen atoms in total. The van der Waals surface area contributed by atoms with Gasteiger partial charge in [-0.05, 0) is 25.3 Å². The lowest BCUT2D eigenvalue weighted by Crippen LogP contribution is -1.92. The van der Waals surface area contributed by atoms with Crippen molar-refractivity contribution in [3.05, 3.63) is 35.4 Å². The van der Waals surface area contributed by atoms with Crippen molar-refractivity contribution in [3.63, 3.8) is 0 Å². The molecule has 0 bridgehead atoms. The fourth-order valence-electron chi connectivity index (χ4n) is 1.18. The highest BCUT2D eigenvalue weighted by atomic mass is 16.5. The maximum atomic E-state index is 4.99. The molecule has 0 radical (unpaired) electrons.